The van der Waals surface area contributed by atoms with Crippen molar-refractivity contribution in [2.75, 3.05) is 18.8 Å². The SMILES string of the molecule is N#CC1(C(=O)N2CCC[C@H](c3nc4c([nH]3)c(N)nc3cc(-c5ccn[nH]5)ccc34)C2)CC1. The number of aromatic nitrogens is 5. The molecular weight excluding hydrogens is 404 g/mol. The van der Waals surface area contributed by atoms with Gasteiger partial charge in [-0.05, 0) is 43.9 Å². The average Bonchev–Trinajstić information content (AvgIpc) is 3.22. The van der Waals surface area contributed by atoms with E-state index in [-0.39, 0.29) is 11.8 Å². The number of carbonyl (C=O) groups is 1. The Bertz CT molecular complexity index is 1390. The van der Waals surface area contributed by atoms with Crippen LogP contribution in [0.1, 0.15) is 37.4 Å². The molecule has 0 radical (unpaired) electrons. The van der Waals surface area contributed by atoms with E-state index >= 15 is 0 Å². The maximum Gasteiger partial charge on any atom is 0.243 e. The zero-order valence-corrected chi connectivity index (χ0v) is 17.4. The number of aromatic amines is 2. The number of rotatable bonds is 3. The Hall–Kier alpha value is -3.93. The molecule has 0 bridgehead atoms. The number of pyridine rings is 1. The molecule has 1 aliphatic heterocycles. The van der Waals surface area contributed by atoms with Gasteiger partial charge in [-0.1, -0.05) is 6.07 Å². The van der Waals surface area contributed by atoms with Gasteiger partial charge in [0.15, 0.2) is 0 Å². The molecule has 1 aromatic carbocycles. The van der Waals surface area contributed by atoms with Gasteiger partial charge in [0, 0.05) is 36.2 Å². The van der Waals surface area contributed by atoms with E-state index in [1.807, 2.05) is 29.2 Å². The van der Waals surface area contributed by atoms with Crippen LogP contribution in [-0.2, 0) is 4.79 Å². The van der Waals surface area contributed by atoms with Crippen LogP contribution >= 0.6 is 0 Å². The lowest BCUT2D eigenvalue weighted by Crippen LogP contribution is -2.43. The second-order valence-electron chi connectivity index (χ2n) is 8.83. The van der Waals surface area contributed by atoms with Crippen molar-refractivity contribution in [3.63, 3.8) is 0 Å². The molecule has 160 valence electrons. The van der Waals surface area contributed by atoms with Crippen LogP contribution in [0, 0.1) is 16.7 Å². The summed E-state index contributed by atoms with van der Waals surface area (Å²) < 4.78 is 0. The van der Waals surface area contributed by atoms with Crippen LogP contribution in [0.2, 0.25) is 0 Å². The number of piperidine rings is 1. The van der Waals surface area contributed by atoms with Crippen molar-refractivity contribution in [2.24, 2.45) is 5.41 Å². The molecule has 9 heteroatoms. The van der Waals surface area contributed by atoms with Gasteiger partial charge in [-0.2, -0.15) is 10.4 Å². The lowest BCUT2D eigenvalue weighted by Gasteiger charge is -2.33. The van der Waals surface area contributed by atoms with Gasteiger partial charge in [-0.25, -0.2) is 9.97 Å². The largest absolute Gasteiger partial charge is 0.382 e. The number of nitrogens with zero attached hydrogens (tertiary/aromatic N) is 5. The van der Waals surface area contributed by atoms with Gasteiger partial charge in [0.25, 0.3) is 0 Å². The summed E-state index contributed by atoms with van der Waals surface area (Å²) in [5.74, 6) is 1.27. The quantitative estimate of drug-likeness (QED) is 0.460. The van der Waals surface area contributed by atoms with Gasteiger partial charge in [-0.15, -0.1) is 0 Å². The zero-order chi connectivity index (χ0) is 21.9. The number of nitriles is 1. The summed E-state index contributed by atoms with van der Waals surface area (Å²) in [6.45, 7) is 1.26. The highest BCUT2D eigenvalue weighted by atomic mass is 16.2. The summed E-state index contributed by atoms with van der Waals surface area (Å²) >= 11 is 0. The standard InChI is InChI=1S/C23H22N8O/c24-12-23(6-7-23)22(32)31-9-1-2-14(11-31)21-28-18-15-4-3-13(16-5-8-26-30-16)10-17(15)27-20(25)19(18)29-21/h3-5,8,10,14H,1-2,6-7,9,11H2,(H2,25,27)(H,26,30)(H,28,29)/t14-/m0/s1. The number of benzene rings is 1. The molecule has 0 unspecified atom stereocenters. The van der Waals surface area contributed by atoms with E-state index in [4.69, 9.17) is 10.7 Å². The topological polar surface area (TPSA) is 140 Å². The summed E-state index contributed by atoms with van der Waals surface area (Å²) in [7, 11) is 0. The molecule has 9 nitrogen and oxygen atoms in total. The van der Waals surface area contributed by atoms with Gasteiger partial charge in [-0.3, -0.25) is 9.89 Å². The van der Waals surface area contributed by atoms with Gasteiger partial charge in [0.05, 0.1) is 17.3 Å². The molecule has 4 heterocycles. The maximum atomic E-state index is 12.9. The smallest absolute Gasteiger partial charge is 0.243 e. The minimum absolute atomic E-state index is 0.0289. The second kappa shape index (κ2) is 6.79. The van der Waals surface area contributed by atoms with E-state index in [1.165, 1.54) is 0 Å². The number of hydrogen-bond donors (Lipinski definition) is 3. The highest BCUT2D eigenvalue weighted by Gasteiger charge is 2.53. The van der Waals surface area contributed by atoms with Crippen molar-refractivity contribution in [1.82, 2.24) is 30.0 Å². The predicted octanol–water partition coefficient (Wildman–Crippen LogP) is 3.09. The Morgan fingerprint density at radius 2 is 2.16 bits per heavy atom. The highest BCUT2D eigenvalue weighted by molar-refractivity contribution is 6.07. The van der Waals surface area contributed by atoms with E-state index in [0.717, 1.165) is 51.9 Å². The number of likely N-dealkylation sites (tertiary alicyclic amines) is 1. The summed E-state index contributed by atoms with van der Waals surface area (Å²) in [6, 6.07) is 10.1. The summed E-state index contributed by atoms with van der Waals surface area (Å²) in [5, 5.41) is 17.3. The van der Waals surface area contributed by atoms with E-state index in [0.29, 0.717) is 31.7 Å². The van der Waals surface area contributed by atoms with Crippen LogP contribution in [0.4, 0.5) is 5.82 Å². The first-order chi connectivity index (χ1) is 15.6. The molecule has 2 aliphatic rings. The fourth-order valence-corrected chi connectivity index (χ4v) is 4.75. The van der Waals surface area contributed by atoms with Crippen molar-refractivity contribution in [3.05, 3.63) is 36.3 Å². The number of nitrogen functional groups attached to an aromatic ring is 1. The third-order valence-corrected chi connectivity index (χ3v) is 6.75. The fraction of sp³-hybridized carbons (Fsp3) is 0.348. The maximum absolute atomic E-state index is 12.9. The van der Waals surface area contributed by atoms with Crippen LogP contribution < -0.4 is 5.73 Å². The van der Waals surface area contributed by atoms with Crippen LogP contribution in [-0.4, -0.2) is 49.0 Å². The molecule has 6 rings (SSSR count). The third-order valence-electron chi connectivity index (χ3n) is 6.75. The predicted molar refractivity (Wildman–Crippen MR) is 119 cm³/mol. The number of H-pyrrole nitrogens is 2. The van der Waals surface area contributed by atoms with Crippen molar-refractivity contribution in [1.29, 1.82) is 5.26 Å². The van der Waals surface area contributed by atoms with Gasteiger partial charge in [0.1, 0.15) is 28.1 Å². The molecule has 2 fully saturated rings. The Morgan fingerprint density at radius 1 is 1.28 bits per heavy atom. The molecule has 1 aliphatic carbocycles. The number of fused-ring (bicyclic) bond motifs is 3. The van der Waals surface area contributed by atoms with E-state index in [9.17, 15) is 10.1 Å². The number of nitrogens with two attached hydrogens (primary N) is 1. The minimum atomic E-state index is -0.785. The van der Waals surface area contributed by atoms with Crippen LogP contribution in [0.3, 0.4) is 0 Å². The third kappa shape index (κ3) is 2.83. The molecule has 1 amide bonds. The van der Waals surface area contributed by atoms with Crippen LogP contribution in [0.15, 0.2) is 30.5 Å². The number of anilines is 1. The Kier molecular flexibility index (Phi) is 3.99. The Morgan fingerprint density at radius 3 is 2.91 bits per heavy atom. The Labute approximate surface area is 183 Å². The first-order valence-corrected chi connectivity index (χ1v) is 10.9. The van der Waals surface area contributed by atoms with Gasteiger partial charge in [0.2, 0.25) is 5.91 Å². The molecule has 32 heavy (non-hydrogen) atoms. The number of amides is 1. The molecule has 4 N–H and O–H groups in total. The molecule has 1 atom stereocenters. The normalized spacial score (nSPS) is 19.8. The number of nitrogens with one attached hydrogen (secondary N) is 2. The molecular formula is C23H22N8O. The average molecular weight is 426 g/mol. The van der Waals surface area contributed by atoms with E-state index < -0.39 is 5.41 Å². The zero-order valence-electron chi connectivity index (χ0n) is 17.4. The lowest BCUT2D eigenvalue weighted by molar-refractivity contribution is -0.136. The second-order valence-corrected chi connectivity index (χ2v) is 8.83. The number of carbonyl (C=O) groups excluding carboxylic acids is 1. The summed E-state index contributed by atoms with van der Waals surface area (Å²) in [5.41, 5.74) is 9.67. The molecule has 1 saturated heterocycles. The van der Waals surface area contributed by atoms with Gasteiger partial charge >= 0.3 is 0 Å². The monoisotopic (exact) mass is 426 g/mol. The van der Waals surface area contributed by atoms with Gasteiger partial charge < -0.3 is 15.6 Å². The summed E-state index contributed by atoms with van der Waals surface area (Å²) in [4.78, 5) is 27.6. The lowest BCUT2D eigenvalue weighted by atomic mass is 9.95. The molecule has 3 aromatic heterocycles. The van der Waals surface area contributed by atoms with Crippen molar-refractivity contribution < 1.29 is 4.79 Å². The van der Waals surface area contributed by atoms with Crippen molar-refractivity contribution in [2.45, 2.75) is 31.6 Å². The van der Waals surface area contributed by atoms with E-state index in [2.05, 4.69) is 26.2 Å². The number of hydrogen-bond acceptors (Lipinski definition) is 6. The van der Waals surface area contributed by atoms with Crippen LogP contribution in [0.25, 0.3) is 33.2 Å². The molecule has 1 saturated carbocycles. The number of imidazole rings is 1. The van der Waals surface area contributed by atoms with Crippen molar-refractivity contribution in [3.8, 4) is 17.3 Å². The minimum Gasteiger partial charge on any atom is -0.382 e. The fourth-order valence-electron chi connectivity index (χ4n) is 4.75. The first-order valence-electron chi connectivity index (χ1n) is 10.9. The highest BCUT2D eigenvalue weighted by Crippen LogP contribution is 2.47. The summed E-state index contributed by atoms with van der Waals surface area (Å²) in [6.07, 6.45) is 4.87. The molecule has 0 spiro atoms. The van der Waals surface area contributed by atoms with Crippen LogP contribution in [0.5, 0.6) is 0 Å². The Balaban J connectivity index is 1.36. The first kappa shape index (κ1) is 18.8. The van der Waals surface area contributed by atoms with E-state index in [1.54, 1.807) is 6.20 Å². The van der Waals surface area contributed by atoms with Crippen molar-refractivity contribution >= 4 is 33.7 Å². The molecule has 4 aromatic rings.